The normalized spacial score (nSPS) is 11.8. The number of benzene rings is 1. The molecule has 2 aromatic rings. The zero-order valence-corrected chi connectivity index (χ0v) is 13.2. The second-order valence-corrected chi connectivity index (χ2v) is 6.32. The Balaban J connectivity index is 2.16. The maximum absolute atomic E-state index is 6.23. The van der Waals surface area contributed by atoms with Crippen LogP contribution in [0.3, 0.4) is 0 Å². The van der Waals surface area contributed by atoms with E-state index in [4.69, 9.17) is 33.0 Å². The predicted octanol–water partition coefficient (Wildman–Crippen LogP) is 5.24. The zero-order chi connectivity index (χ0) is 14.8. The van der Waals surface area contributed by atoms with Gasteiger partial charge in [0.2, 0.25) is 0 Å². The fraction of sp³-hybridized carbons (Fsp3) is 0.333. The van der Waals surface area contributed by atoms with Crippen molar-refractivity contribution < 1.29 is 9.78 Å². The smallest absolute Gasteiger partial charge is 0.109 e. The summed E-state index contributed by atoms with van der Waals surface area (Å²) in [5.41, 5.74) is 2.52. The molecule has 0 fully saturated rings. The van der Waals surface area contributed by atoms with E-state index in [1.165, 1.54) is 0 Å². The highest BCUT2D eigenvalue weighted by Crippen LogP contribution is 2.32. The summed E-state index contributed by atoms with van der Waals surface area (Å²) in [4.78, 5) is 13.6. The first-order valence-electron chi connectivity index (χ1n) is 6.28. The molecule has 0 amide bonds. The van der Waals surface area contributed by atoms with E-state index >= 15 is 0 Å². The third-order valence-electron chi connectivity index (χ3n) is 2.58. The van der Waals surface area contributed by atoms with Crippen LogP contribution in [0, 0.1) is 0 Å². The molecule has 0 aliphatic rings. The van der Waals surface area contributed by atoms with Gasteiger partial charge >= 0.3 is 0 Å². The molecular weight excluding hydrogens is 297 g/mol. The SMILES string of the molecule is CC(C)(C)OOCc1c[nH]cc1-c1ccc(Cl)cc1Cl. The van der Waals surface area contributed by atoms with Gasteiger partial charge in [0.05, 0.1) is 5.60 Å². The van der Waals surface area contributed by atoms with Crippen LogP contribution in [0.1, 0.15) is 26.3 Å². The summed E-state index contributed by atoms with van der Waals surface area (Å²) in [6, 6.07) is 5.43. The summed E-state index contributed by atoms with van der Waals surface area (Å²) >= 11 is 12.1. The van der Waals surface area contributed by atoms with E-state index in [9.17, 15) is 0 Å². The number of aromatic nitrogens is 1. The zero-order valence-electron chi connectivity index (χ0n) is 11.7. The Morgan fingerprint density at radius 2 is 1.85 bits per heavy atom. The van der Waals surface area contributed by atoms with Crippen LogP contribution in [0.5, 0.6) is 0 Å². The maximum Gasteiger partial charge on any atom is 0.109 e. The van der Waals surface area contributed by atoms with Crippen molar-refractivity contribution in [2.45, 2.75) is 33.0 Å². The second-order valence-electron chi connectivity index (χ2n) is 5.48. The van der Waals surface area contributed by atoms with Crippen molar-refractivity contribution in [1.82, 2.24) is 4.98 Å². The van der Waals surface area contributed by atoms with Gasteiger partial charge in [0.1, 0.15) is 6.61 Å². The molecule has 0 bridgehead atoms. The van der Waals surface area contributed by atoms with E-state index in [1.807, 2.05) is 45.3 Å². The summed E-state index contributed by atoms with van der Waals surface area (Å²) < 4.78 is 0. The highest BCUT2D eigenvalue weighted by atomic mass is 35.5. The van der Waals surface area contributed by atoms with Crippen molar-refractivity contribution in [3.63, 3.8) is 0 Å². The molecule has 5 heteroatoms. The van der Waals surface area contributed by atoms with Crippen LogP contribution in [-0.4, -0.2) is 10.6 Å². The molecule has 0 aliphatic heterocycles. The Bertz CT molecular complexity index is 588. The summed E-state index contributed by atoms with van der Waals surface area (Å²) in [7, 11) is 0. The third-order valence-corrected chi connectivity index (χ3v) is 3.12. The van der Waals surface area contributed by atoms with Crippen molar-refractivity contribution in [2.75, 3.05) is 0 Å². The summed E-state index contributed by atoms with van der Waals surface area (Å²) in [5, 5.41) is 1.22. The maximum atomic E-state index is 6.23. The van der Waals surface area contributed by atoms with Crippen molar-refractivity contribution in [3.8, 4) is 11.1 Å². The monoisotopic (exact) mass is 313 g/mol. The summed E-state index contributed by atoms with van der Waals surface area (Å²) in [5.74, 6) is 0. The van der Waals surface area contributed by atoms with E-state index in [0.717, 1.165) is 16.7 Å². The van der Waals surface area contributed by atoms with E-state index in [1.54, 1.807) is 6.07 Å². The molecule has 1 aromatic carbocycles. The van der Waals surface area contributed by atoms with Gasteiger partial charge in [-0.2, -0.15) is 0 Å². The molecule has 20 heavy (non-hydrogen) atoms. The Hall–Kier alpha value is -1.000. The van der Waals surface area contributed by atoms with Gasteiger partial charge in [0.25, 0.3) is 0 Å². The molecular formula is C15H17Cl2NO2. The molecule has 3 nitrogen and oxygen atoms in total. The largest absolute Gasteiger partial charge is 0.367 e. The van der Waals surface area contributed by atoms with Crippen molar-refractivity contribution in [1.29, 1.82) is 0 Å². The molecule has 1 heterocycles. The molecule has 0 aliphatic carbocycles. The Morgan fingerprint density at radius 1 is 1.10 bits per heavy atom. The molecule has 1 N–H and O–H groups in total. The minimum atomic E-state index is -0.339. The number of aromatic amines is 1. The van der Waals surface area contributed by atoms with Gasteiger partial charge in [-0.15, -0.1) is 0 Å². The number of halogens is 2. The van der Waals surface area contributed by atoms with Gasteiger partial charge in [0.15, 0.2) is 0 Å². The van der Waals surface area contributed by atoms with Gasteiger partial charge in [0, 0.05) is 39.1 Å². The van der Waals surface area contributed by atoms with Crippen LogP contribution >= 0.6 is 23.2 Å². The first-order valence-corrected chi connectivity index (χ1v) is 7.04. The second kappa shape index (κ2) is 6.19. The average Bonchev–Trinajstić information content (AvgIpc) is 2.75. The van der Waals surface area contributed by atoms with Gasteiger partial charge in [-0.05, 0) is 32.9 Å². The van der Waals surface area contributed by atoms with Crippen LogP contribution in [0.25, 0.3) is 11.1 Å². The molecule has 2 rings (SSSR count). The molecule has 0 radical (unpaired) electrons. The van der Waals surface area contributed by atoms with E-state index in [0.29, 0.717) is 16.7 Å². The van der Waals surface area contributed by atoms with Gasteiger partial charge in [-0.3, -0.25) is 0 Å². The molecule has 108 valence electrons. The van der Waals surface area contributed by atoms with Crippen molar-refractivity contribution in [3.05, 3.63) is 46.2 Å². The van der Waals surface area contributed by atoms with Crippen molar-refractivity contribution >= 4 is 23.2 Å². The topological polar surface area (TPSA) is 34.2 Å². The number of H-pyrrole nitrogens is 1. The third kappa shape index (κ3) is 4.00. The van der Waals surface area contributed by atoms with Gasteiger partial charge < -0.3 is 4.98 Å². The standard InChI is InChI=1S/C15H17Cl2NO2/c1-15(2,3)20-19-9-10-7-18-8-13(10)12-5-4-11(16)6-14(12)17/h4-8,18H,9H2,1-3H3. The number of hydrogen-bond acceptors (Lipinski definition) is 2. The minimum absolute atomic E-state index is 0.339. The Morgan fingerprint density at radius 3 is 2.50 bits per heavy atom. The fourth-order valence-corrected chi connectivity index (χ4v) is 2.25. The lowest BCUT2D eigenvalue weighted by Gasteiger charge is -2.17. The number of nitrogens with one attached hydrogen (secondary N) is 1. The van der Waals surface area contributed by atoms with Crippen LogP contribution < -0.4 is 0 Å². The van der Waals surface area contributed by atoms with E-state index in [2.05, 4.69) is 4.98 Å². The quantitative estimate of drug-likeness (QED) is 0.619. The lowest BCUT2D eigenvalue weighted by atomic mass is 10.1. The lowest BCUT2D eigenvalue weighted by Crippen LogP contribution is -2.19. The molecule has 0 unspecified atom stereocenters. The number of hydrogen-bond donors (Lipinski definition) is 1. The molecule has 0 saturated carbocycles. The lowest BCUT2D eigenvalue weighted by molar-refractivity contribution is -0.356. The summed E-state index contributed by atoms with van der Waals surface area (Å²) in [6.07, 6.45) is 3.75. The fourth-order valence-electron chi connectivity index (χ4n) is 1.74. The highest BCUT2D eigenvalue weighted by molar-refractivity contribution is 6.36. The average molecular weight is 314 g/mol. The van der Waals surface area contributed by atoms with Crippen LogP contribution in [0.4, 0.5) is 0 Å². The minimum Gasteiger partial charge on any atom is -0.367 e. The van der Waals surface area contributed by atoms with Crippen LogP contribution in [0.2, 0.25) is 10.0 Å². The number of rotatable bonds is 4. The molecule has 0 spiro atoms. The van der Waals surface area contributed by atoms with Gasteiger partial charge in [-0.25, -0.2) is 9.78 Å². The Kier molecular flexibility index (Phi) is 4.76. The van der Waals surface area contributed by atoms with Crippen LogP contribution in [-0.2, 0) is 16.4 Å². The van der Waals surface area contributed by atoms with E-state index in [-0.39, 0.29) is 5.60 Å². The molecule has 0 saturated heterocycles. The highest BCUT2D eigenvalue weighted by Gasteiger charge is 2.14. The Labute approximate surface area is 128 Å². The first-order chi connectivity index (χ1) is 9.37. The van der Waals surface area contributed by atoms with Crippen molar-refractivity contribution in [2.24, 2.45) is 0 Å². The molecule has 1 aromatic heterocycles. The summed E-state index contributed by atoms with van der Waals surface area (Å²) in [6.45, 7) is 6.14. The van der Waals surface area contributed by atoms with Gasteiger partial charge in [-0.1, -0.05) is 29.3 Å². The predicted molar refractivity (Wildman–Crippen MR) is 81.9 cm³/mol. The van der Waals surface area contributed by atoms with E-state index < -0.39 is 0 Å². The molecule has 0 atom stereocenters. The van der Waals surface area contributed by atoms with Crippen LogP contribution in [0.15, 0.2) is 30.6 Å². The first kappa shape index (κ1) is 15.4.